The third-order valence-electron chi connectivity index (χ3n) is 2.43. The van der Waals surface area contributed by atoms with E-state index in [2.05, 4.69) is 9.46 Å². The van der Waals surface area contributed by atoms with E-state index in [1.165, 1.54) is 29.0 Å². The molecule has 0 aliphatic rings. The Balaban J connectivity index is 1.91. The van der Waals surface area contributed by atoms with E-state index in [0.29, 0.717) is 0 Å². The smallest absolute Gasteiger partial charge is 0.406 e. The van der Waals surface area contributed by atoms with Gasteiger partial charge in [0.1, 0.15) is 5.75 Å². The van der Waals surface area contributed by atoms with Gasteiger partial charge in [-0.3, -0.25) is 0 Å². The second kappa shape index (κ2) is 7.00. The summed E-state index contributed by atoms with van der Waals surface area (Å²) in [4.78, 5) is 1.96. The third kappa shape index (κ3) is 5.43. The maximum absolute atomic E-state index is 12.0. The highest BCUT2D eigenvalue weighted by atomic mass is 32.2. The molecule has 0 bridgehead atoms. The summed E-state index contributed by atoms with van der Waals surface area (Å²) in [7, 11) is 0. The largest absolute Gasteiger partial charge is 0.573 e. The van der Waals surface area contributed by atoms with Crippen LogP contribution in [0.1, 0.15) is 0 Å². The second-order valence-corrected chi connectivity index (χ2v) is 5.71. The standard InChI is InChI=1S/C14H12F3NOS2/c1-20-12-6-2-10(3-7-12)18-21-13-8-4-11(5-9-13)19-14(15,16)17/h2-9,18H,1H3. The molecule has 0 amide bonds. The minimum atomic E-state index is -4.66. The number of nitrogens with one attached hydrogen (secondary N) is 1. The van der Waals surface area contributed by atoms with Crippen molar-refractivity contribution in [1.82, 2.24) is 0 Å². The number of halogens is 3. The van der Waals surface area contributed by atoms with Crippen LogP contribution in [0.15, 0.2) is 58.3 Å². The van der Waals surface area contributed by atoms with Crippen LogP contribution in [-0.4, -0.2) is 12.6 Å². The number of thioether (sulfide) groups is 1. The van der Waals surface area contributed by atoms with Crippen LogP contribution in [-0.2, 0) is 0 Å². The molecule has 0 saturated heterocycles. The van der Waals surface area contributed by atoms with Crippen molar-refractivity contribution in [3.63, 3.8) is 0 Å². The van der Waals surface area contributed by atoms with E-state index < -0.39 is 6.36 Å². The Morgan fingerprint density at radius 3 is 2.00 bits per heavy atom. The lowest BCUT2D eigenvalue weighted by Crippen LogP contribution is -2.16. The van der Waals surface area contributed by atoms with E-state index in [-0.39, 0.29) is 5.75 Å². The molecule has 0 atom stereocenters. The lowest BCUT2D eigenvalue weighted by Gasteiger charge is -2.09. The molecule has 0 radical (unpaired) electrons. The number of rotatable bonds is 5. The zero-order valence-electron chi connectivity index (χ0n) is 11.0. The Morgan fingerprint density at radius 2 is 1.48 bits per heavy atom. The molecule has 2 aromatic carbocycles. The molecule has 0 aromatic heterocycles. The van der Waals surface area contributed by atoms with Crippen LogP contribution in [0, 0.1) is 0 Å². The fraction of sp³-hybridized carbons (Fsp3) is 0.143. The fourth-order valence-electron chi connectivity index (χ4n) is 1.49. The van der Waals surface area contributed by atoms with Gasteiger partial charge >= 0.3 is 6.36 Å². The van der Waals surface area contributed by atoms with Crippen molar-refractivity contribution in [1.29, 1.82) is 0 Å². The highest BCUT2D eigenvalue weighted by Crippen LogP contribution is 2.27. The van der Waals surface area contributed by atoms with E-state index in [1.54, 1.807) is 23.9 Å². The van der Waals surface area contributed by atoms with Gasteiger partial charge in [0, 0.05) is 15.5 Å². The summed E-state index contributed by atoms with van der Waals surface area (Å²) in [6, 6.07) is 13.6. The Labute approximate surface area is 129 Å². The molecule has 7 heteroatoms. The van der Waals surface area contributed by atoms with Crippen LogP contribution in [0.4, 0.5) is 18.9 Å². The van der Waals surface area contributed by atoms with Crippen LogP contribution in [0.25, 0.3) is 0 Å². The second-order valence-electron chi connectivity index (χ2n) is 3.95. The highest BCUT2D eigenvalue weighted by molar-refractivity contribution is 8.00. The molecule has 0 saturated carbocycles. The topological polar surface area (TPSA) is 21.3 Å². The lowest BCUT2D eigenvalue weighted by molar-refractivity contribution is -0.274. The van der Waals surface area contributed by atoms with Crippen molar-refractivity contribution in [3.05, 3.63) is 48.5 Å². The summed E-state index contributed by atoms with van der Waals surface area (Å²) in [5.74, 6) is -0.226. The predicted octanol–water partition coefficient (Wildman–Crippen LogP) is 5.43. The molecule has 21 heavy (non-hydrogen) atoms. The van der Waals surface area contributed by atoms with Gasteiger partial charge in [0.2, 0.25) is 0 Å². The van der Waals surface area contributed by atoms with E-state index in [1.807, 2.05) is 30.5 Å². The first-order valence-corrected chi connectivity index (χ1v) is 7.93. The number of hydrogen-bond acceptors (Lipinski definition) is 4. The van der Waals surface area contributed by atoms with Gasteiger partial charge < -0.3 is 9.46 Å². The Hall–Kier alpha value is -1.47. The molecule has 2 nitrogen and oxygen atoms in total. The van der Waals surface area contributed by atoms with Gasteiger partial charge in [0.05, 0.1) is 0 Å². The molecule has 0 unspecified atom stereocenters. The fourth-order valence-corrected chi connectivity index (χ4v) is 2.54. The van der Waals surface area contributed by atoms with E-state index in [4.69, 9.17) is 0 Å². The van der Waals surface area contributed by atoms with Gasteiger partial charge in [-0.05, 0) is 66.7 Å². The maximum Gasteiger partial charge on any atom is 0.573 e. The average Bonchev–Trinajstić information content (AvgIpc) is 2.45. The minimum absolute atomic E-state index is 0.226. The van der Waals surface area contributed by atoms with Crippen molar-refractivity contribution < 1.29 is 17.9 Å². The molecular formula is C14H12F3NOS2. The van der Waals surface area contributed by atoms with Crippen LogP contribution >= 0.6 is 23.7 Å². The van der Waals surface area contributed by atoms with Crippen LogP contribution < -0.4 is 9.46 Å². The summed E-state index contributed by atoms with van der Waals surface area (Å²) >= 11 is 2.98. The number of ether oxygens (including phenoxy) is 1. The minimum Gasteiger partial charge on any atom is -0.406 e. The molecule has 0 spiro atoms. The number of alkyl halides is 3. The van der Waals surface area contributed by atoms with Crippen molar-refractivity contribution in [2.45, 2.75) is 16.2 Å². The highest BCUT2D eigenvalue weighted by Gasteiger charge is 2.30. The van der Waals surface area contributed by atoms with Gasteiger partial charge in [0.25, 0.3) is 0 Å². The molecule has 2 aromatic rings. The van der Waals surface area contributed by atoms with Gasteiger partial charge in [0.15, 0.2) is 0 Å². The molecule has 0 aliphatic heterocycles. The van der Waals surface area contributed by atoms with Crippen molar-refractivity contribution in [2.24, 2.45) is 0 Å². The summed E-state index contributed by atoms with van der Waals surface area (Å²) in [5, 5.41) is 0. The summed E-state index contributed by atoms with van der Waals surface area (Å²) in [6.45, 7) is 0. The Morgan fingerprint density at radius 1 is 0.905 bits per heavy atom. The van der Waals surface area contributed by atoms with Gasteiger partial charge in [-0.1, -0.05) is 0 Å². The normalized spacial score (nSPS) is 11.2. The zero-order valence-corrected chi connectivity index (χ0v) is 12.6. The maximum atomic E-state index is 12.0. The SMILES string of the molecule is CSc1ccc(NSc2ccc(OC(F)(F)F)cc2)cc1. The Kier molecular flexibility index (Phi) is 5.30. The number of benzene rings is 2. The van der Waals surface area contributed by atoms with Crippen molar-refractivity contribution in [2.75, 3.05) is 11.0 Å². The van der Waals surface area contributed by atoms with Crippen LogP contribution in [0.3, 0.4) is 0 Å². The molecule has 1 N–H and O–H groups in total. The first kappa shape index (κ1) is 15.9. The quantitative estimate of drug-likeness (QED) is 0.582. The summed E-state index contributed by atoms with van der Waals surface area (Å²) in [6.07, 6.45) is -2.66. The number of anilines is 1. The van der Waals surface area contributed by atoms with E-state index in [0.717, 1.165) is 10.6 Å². The van der Waals surface area contributed by atoms with Gasteiger partial charge in [-0.2, -0.15) is 0 Å². The summed E-state index contributed by atoms with van der Waals surface area (Å²) in [5.41, 5.74) is 0.924. The predicted molar refractivity (Wildman–Crippen MR) is 80.8 cm³/mol. The lowest BCUT2D eigenvalue weighted by atomic mass is 10.3. The molecule has 2 rings (SSSR count). The zero-order chi connectivity index (χ0) is 15.3. The monoisotopic (exact) mass is 331 g/mol. The first-order valence-electron chi connectivity index (χ1n) is 5.89. The van der Waals surface area contributed by atoms with E-state index >= 15 is 0 Å². The van der Waals surface area contributed by atoms with Crippen molar-refractivity contribution in [3.8, 4) is 5.75 Å². The number of hydrogen-bond donors (Lipinski definition) is 1. The van der Waals surface area contributed by atoms with Crippen molar-refractivity contribution >= 4 is 29.4 Å². The van der Waals surface area contributed by atoms with Gasteiger partial charge in [-0.25, -0.2) is 0 Å². The molecule has 0 fully saturated rings. The molecule has 0 aliphatic carbocycles. The van der Waals surface area contributed by atoms with Crippen LogP contribution in [0.5, 0.6) is 5.75 Å². The van der Waals surface area contributed by atoms with E-state index in [9.17, 15) is 13.2 Å². The summed E-state index contributed by atoms with van der Waals surface area (Å²) < 4.78 is 43.0. The van der Waals surface area contributed by atoms with Gasteiger partial charge in [-0.15, -0.1) is 24.9 Å². The average molecular weight is 331 g/mol. The molecule has 112 valence electrons. The Bertz CT molecular complexity index is 570. The third-order valence-corrected chi connectivity index (χ3v) is 4.02. The van der Waals surface area contributed by atoms with Crippen LogP contribution in [0.2, 0.25) is 0 Å². The first-order chi connectivity index (χ1) is 9.96. The molecule has 0 heterocycles. The molecular weight excluding hydrogens is 319 g/mol.